The Morgan fingerprint density at radius 2 is 1.90 bits per heavy atom. The standard InChI is InChI=1S/C15H21NO5/c1-10(2)16(9-15(18)19)14(17)8-11-7-12(20-3)5-6-13(11)21-4/h5-7,10H,8-9H2,1-4H3,(H,18,19). The van der Waals surface area contributed by atoms with Crippen molar-refractivity contribution in [2.24, 2.45) is 0 Å². The molecule has 0 saturated heterocycles. The first-order valence-corrected chi connectivity index (χ1v) is 6.61. The van der Waals surface area contributed by atoms with Crippen LogP contribution < -0.4 is 9.47 Å². The van der Waals surface area contributed by atoms with Gasteiger partial charge >= 0.3 is 5.97 Å². The Morgan fingerprint density at radius 1 is 1.24 bits per heavy atom. The molecule has 1 rings (SSSR count). The van der Waals surface area contributed by atoms with Crippen molar-refractivity contribution in [1.82, 2.24) is 4.90 Å². The van der Waals surface area contributed by atoms with Crippen molar-refractivity contribution in [1.29, 1.82) is 0 Å². The highest BCUT2D eigenvalue weighted by molar-refractivity contribution is 5.83. The van der Waals surface area contributed by atoms with Gasteiger partial charge in [0.2, 0.25) is 5.91 Å². The Bertz CT molecular complexity index is 513. The van der Waals surface area contributed by atoms with Gasteiger partial charge in [-0.15, -0.1) is 0 Å². The number of carboxylic acids is 1. The average molecular weight is 295 g/mol. The molecule has 0 atom stereocenters. The molecule has 0 aliphatic rings. The molecule has 0 fully saturated rings. The first-order chi connectivity index (χ1) is 9.88. The molecule has 0 saturated carbocycles. The molecule has 0 heterocycles. The van der Waals surface area contributed by atoms with Gasteiger partial charge in [-0.25, -0.2) is 0 Å². The summed E-state index contributed by atoms with van der Waals surface area (Å²) in [4.78, 5) is 24.5. The zero-order chi connectivity index (χ0) is 16.0. The maximum Gasteiger partial charge on any atom is 0.323 e. The maximum absolute atomic E-state index is 12.3. The summed E-state index contributed by atoms with van der Waals surface area (Å²) >= 11 is 0. The predicted octanol–water partition coefficient (Wildman–Crippen LogP) is 1.57. The molecule has 1 aromatic carbocycles. The number of benzene rings is 1. The number of carbonyl (C=O) groups is 2. The van der Waals surface area contributed by atoms with Crippen LogP contribution in [-0.2, 0) is 16.0 Å². The van der Waals surface area contributed by atoms with Gasteiger partial charge < -0.3 is 19.5 Å². The van der Waals surface area contributed by atoms with Gasteiger partial charge in [-0.3, -0.25) is 9.59 Å². The summed E-state index contributed by atoms with van der Waals surface area (Å²) in [6, 6.07) is 4.99. The van der Waals surface area contributed by atoms with E-state index in [0.29, 0.717) is 17.1 Å². The third-order valence-corrected chi connectivity index (χ3v) is 3.08. The van der Waals surface area contributed by atoms with Crippen molar-refractivity contribution >= 4 is 11.9 Å². The largest absolute Gasteiger partial charge is 0.497 e. The summed E-state index contributed by atoms with van der Waals surface area (Å²) in [5, 5.41) is 8.89. The number of rotatable bonds is 7. The van der Waals surface area contributed by atoms with E-state index in [2.05, 4.69) is 0 Å². The minimum Gasteiger partial charge on any atom is -0.497 e. The van der Waals surface area contributed by atoms with Gasteiger partial charge in [-0.2, -0.15) is 0 Å². The van der Waals surface area contributed by atoms with E-state index < -0.39 is 5.97 Å². The van der Waals surface area contributed by atoms with Crippen molar-refractivity contribution in [3.05, 3.63) is 23.8 Å². The Labute approximate surface area is 124 Å². The van der Waals surface area contributed by atoms with Crippen LogP contribution in [0.3, 0.4) is 0 Å². The van der Waals surface area contributed by atoms with E-state index in [4.69, 9.17) is 14.6 Å². The molecular formula is C15H21NO5. The van der Waals surface area contributed by atoms with Gasteiger partial charge in [-0.05, 0) is 32.0 Å². The second kappa shape index (κ2) is 7.52. The minimum absolute atomic E-state index is 0.0613. The van der Waals surface area contributed by atoms with Crippen molar-refractivity contribution < 1.29 is 24.2 Å². The summed E-state index contributed by atoms with van der Waals surface area (Å²) in [5.74, 6) is -0.107. The number of hydrogen-bond donors (Lipinski definition) is 1. The van der Waals surface area contributed by atoms with Crippen LogP contribution in [0.25, 0.3) is 0 Å². The molecule has 1 amide bonds. The fraction of sp³-hybridized carbons (Fsp3) is 0.467. The van der Waals surface area contributed by atoms with E-state index in [9.17, 15) is 9.59 Å². The fourth-order valence-corrected chi connectivity index (χ4v) is 1.99. The van der Waals surface area contributed by atoms with E-state index in [1.165, 1.54) is 19.1 Å². The Morgan fingerprint density at radius 3 is 2.38 bits per heavy atom. The van der Waals surface area contributed by atoms with Crippen molar-refractivity contribution in [2.75, 3.05) is 20.8 Å². The zero-order valence-electron chi connectivity index (χ0n) is 12.8. The van der Waals surface area contributed by atoms with Gasteiger partial charge in [0, 0.05) is 11.6 Å². The predicted molar refractivity (Wildman–Crippen MR) is 77.7 cm³/mol. The summed E-state index contributed by atoms with van der Waals surface area (Å²) in [6.45, 7) is 3.25. The molecule has 0 aliphatic heterocycles. The minimum atomic E-state index is -1.03. The molecule has 0 aliphatic carbocycles. The van der Waals surface area contributed by atoms with Crippen LogP contribution in [0.15, 0.2) is 18.2 Å². The second-order valence-corrected chi connectivity index (χ2v) is 4.86. The number of carbonyl (C=O) groups excluding carboxylic acids is 1. The number of carboxylic acid groups (broad SMARTS) is 1. The van der Waals surface area contributed by atoms with E-state index in [1.54, 1.807) is 32.0 Å². The van der Waals surface area contributed by atoms with Gasteiger partial charge in [0.25, 0.3) is 0 Å². The van der Waals surface area contributed by atoms with Crippen LogP contribution >= 0.6 is 0 Å². The summed E-state index contributed by atoms with van der Waals surface area (Å²) in [5.41, 5.74) is 0.665. The van der Waals surface area contributed by atoms with Gasteiger partial charge in [0.1, 0.15) is 18.0 Å². The number of nitrogens with zero attached hydrogens (tertiary/aromatic N) is 1. The van der Waals surface area contributed by atoms with Crippen LogP contribution in [0.1, 0.15) is 19.4 Å². The number of hydrogen-bond acceptors (Lipinski definition) is 4. The van der Waals surface area contributed by atoms with E-state index >= 15 is 0 Å². The summed E-state index contributed by atoms with van der Waals surface area (Å²) < 4.78 is 10.4. The highest BCUT2D eigenvalue weighted by atomic mass is 16.5. The Balaban J connectivity index is 2.96. The van der Waals surface area contributed by atoms with Crippen LogP contribution in [0.4, 0.5) is 0 Å². The van der Waals surface area contributed by atoms with Gasteiger partial charge in [-0.1, -0.05) is 0 Å². The van der Waals surface area contributed by atoms with Crippen molar-refractivity contribution in [3.63, 3.8) is 0 Å². The lowest BCUT2D eigenvalue weighted by molar-refractivity contribution is -0.145. The molecule has 1 N–H and O–H groups in total. The van der Waals surface area contributed by atoms with Crippen molar-refractivity contribution in [3.8, 4) is 11.5 Å². The quantitative estimate of drug-likeness (QED) is 0.826. The first-order valence-electron chi connectivity index (χ1n) is 6.61. The molecule has 1 aromatic rings. The summed E-state index contributed by atoms with van der Waals surface area (Å²) in [6.07, 6.45) is 0.0613. The lowest BCUT2D eigenvalue weighted by Gasteiger charge is -2.25. The SMILES string of the molecule is COc1ccc(OC)c(CC(=O)N(CC(=O)O)C(C)C)c1. The molecule has 0 bridgehead atoms. The smallest absolute Gasteiger partial charge is 0.323 e. The zero-order valence-corrected chi connectivity index (χ0v) is 12.8. The fourth-order valence-electron chi connectivity index (χ4n) is 1.99. The lowest BCUT2D eigenvalue weighted by Crippen LogP contribution is -2.41. The second-order valence-electron chi connectivity index (χ2n) is 4.86. The number of aliphatic carboxylic acids is 1. The molecule has 6 heteroatoms. The maximum atomic E-state index is 12.3. The molecular weight excluding hydrogens is 274 g/mol. The van der Waals surface area contributed by atoms with Crippen LogP contribution in [0, 0.1) is 0 Å². The third-order valence-electron chi connectivity index (χ3n) is 3.08. The first kappa shape index (κ1) is 16.8. The van der Waals surface area contributed by atoms with Crippen LogP contribution in [-0.4, -0.2) is 48.7 Å². The number of methoxy groups -OCH3 is 2. The number of amides is 1. The monoisotopic (exact) mass is 295 g/mol. The van der Waals surface area contributed by atoms with Crippen molar-refractivity contribution in [2.45, 2.75) is 26.3 Å². The lowest BCUT2D eigenvalue weighted by atomic mass is 10.1. The Hall–Kier alpha value is -2.24. The molecule has 6 nitrogen and oxygen atoms in total. The third kappa shape index (κ3) is 4.66. The van der Waals surface area contributed by atoms with E-state index in [0.717, 1.165) is 0 Å². The normalized spacial score (nSPS) is 10.3. The van der Waals surface area contributed by atoms with Gasteiger partial charge in [0.05, 0.1) is 20.6 Å². The van der Waals surface area contributed by atoms with E-state index in [1.807, 2.05) is 0 Å². The topological polar surface area (TPSA) is 76.1 Å². The van der Waals surface area contributed by atoms with Gasteiger partial charge in [0.15, 0.2) is 0 Å². The number of ether oxygens (including phenoxy) is 2. The molecule has 21 heavy (non-hydrogen) atoms. The average Bonchev–Trinajstić information content (AvgIpc) is 2.43. The van der Waals surface area contributed by atoms with Crippen LogP contribution in [0.2, 0.25) is 0 Å². The highest BCUT2D eigenvalue weighted by Gasteiger charge is 2.21. The molecule has 0 unspecified atom stereocenters. The molecule has 0 radical (unpaired) electrons. The highest BCUT2D eigenvalue weighted by Crippen LogP contribution is 2.25. The molecule has 0 spiro atoms. The Kier molecular flexibility index (Phi) is 6.02. The van der Waals surface area contributed by atoms with E-state index in [-0.39, 0.29) is 24.9 Å². The summed E-state index contributed by atoms with van der Waals surface area (Å²) in [7, 11) is 3.06. The molecule has 0 aromatic heterocycles. The molecule has 116 valence electrons. The van der Waals surface area contributed by atoms with Crippen LogP contribution in [0.5, 0.6) is 11.5 Å².